The van der Waals surface area contributed by atoms with E-state index < -0.39 is 12.1 Å². The number of likely N-dealkylation sites (tertiary alicyclic amines) is 1. The van der Waals surface area contributed by atoms with Gasteiger partial charge in [-0.3, -0.25) is 4.90 Å². The maximum atomic E-state index is 12.2. The van der Waals surface area contributed by atoms with Gasteiger partial charge in [0.2, 0.25) is 0 Å². The summed E-state index contributed by atoms with van der Waals surface area (Å²) in [6.07, 6.45) is 15.0. The average molecular weight is 368 g/mol. The Bertz CT molecular complexity index is 411. The molecule has 1 saturated heterocycles. The highest BCUT2D eigenvalue weighted by molar-refractivity contribution is 5.82. The van der Waals surface area contributed by atoms with Gasteiger partial charge < -0.3 is 9.47 Å². The van der Waals surface area contributed by atoms with E-state index in [1.807, 2.05) is 0 Å². The highest BCUT2D eigenvalue weighted by Gasteiger charge is 2.36. The van der Waals surface area contributed by atoms with E-state index in [4.69, 9.17) is 9.47 Å². The van der Waals surface area contributed by atoms with Gasteiger partial charge >= 0.3 is 12.1 Å². The van der Waals surface area contributed by atoms with Crippen molar-refractivity contribution in [1.82, 2.24) is 4.90 Å². The van der Waals surface area contributed by atoms with E-state index in [1.54, 1.807) is 0 Å². The van der Waals surface area contributed by atoms with E-state index in [2.05, 4.69) is 13.5 Å². The van der Waals surface area contributed by atoms with Crippen molar-refractivity contribution >= 4 is 12.1 Å². The Balaban J connectivity index is 2.05. The van der Waals surface area contributed by atoms with Crippen LogP contribution in [-0.2, 0) is 14.3 Å². The van der Waals surface area contributed by atoms with E-state index in [0.29, 0.717) is 19.6 Å². The van der Waals surface area contributed by atoms with E-state index in [1.165, 1.54) is 62.3 Å². The van der Waals surface area contributed by atoms with Crippen LogP contribution in [0.5, 0.6) is 0 Å². The maximum absolute atomic E-state index is 12.2. The third-order valence-corrected chi connectivity index (χ3v) is 4.83. The fraction of sp³-hybridized carbons (Fsp3) is 0.810. The Morgan fingerprint density at radius 2 is 1.62 bits per heavy atom. The van der Waals surface area contributed by atoms with Gasteiger partial charge in [-0.1, -0.05) is 77.4 Å². The molecular formula is C21H37NO4. The molecule has 1 amide bonds. The normalized spacial score (nSPS) is 16.5. The molecule has 1 aliphatic heterocycles. The van der Waals surface area contributed by atoms with Crippen molar-refractivity contribution in [1.29, 1.82) is 0 Å². The highest BCUT2D eigenvalue weighted by Crippen LogP contribution is 2.20. The van der Waals surface area contributed by atoms with Crippen molar-refractivity contribution in [2.45, 2.75) is 90.0 Å². The molecule has 1 aliphatic rings. The van der Waals surface area contributed by atoms with Gasteiger partial charge in [0.15, 0.2) is 0 Å². The lowest BCUT2D eigenvalue weighted by Crippen LogP contribution is -2.41. The first-order valence-corrected chi connectivity index (χ1v) is 10.4. The second-order valence-electron chi connectivity index (χ2n) is 7.07. The molecule has 5 nitrogen and oxygen atoms in total. The number of amides is 1. The first-order valence-electron chi connectivity index (χ1n) is 10.4. The summed E-state index contributed by atoms with van der Waals surface area (Å²) in [5.74, 6) is -0.297. The predicted octanol–water partition coefficient (Wildman–Crippen LogP) is 5.24. The molecule has 26 heavy (non-hydrogen) atoms. The van der Waals surface area contributed by atoms with E-state index in [9.17, 15) is 9.59 Å². The summed E-state index contributed by atoms with van der Waals surface area (Å²) in [5, 5.41) is 0. The molecule has 0 radical (unpaired) electrons. The molecule has 0 aromatic carbocycles. The van der Waals surface area contributed by atoms with Crippen LogP contribution in [0.25, 0.3) is 0 Å². The third kappa shape index (κ3) is 9.25. The fourth-order valence-electron chi connectivity index (χ4n) is 3.30. The standard InChI is InChI=1S/C21H37NO4/c1-3-5-6-7-8-9-10-11-12-13-18-25-20(23)19-15-14-16-22(19)21(24)26-17-4-2/h4,19H,2-3,5-18H2,1H3/t19-/m0/s1. The van der Waals surface area contributed by atoms with E-state index in [-0.39, 0.29) is 12.6 Å². The number of rotatable bonds is 14. The van der Waals surface area contributed by atoms with Crippen LogP contribution in [-0.4, -0.2) is 42.8 Å². The number of unbranched alkanes of at least 4 members (excludes halogenated alkanes) is 9. The Kier molecular flexibility index (Phi) is 12.7. The molecule has 1 fully saturated rings. The molecule has 0 bridgehead atoms. The van der Waals surface area contributed by atoms with Crippen LogP contribution in [0, 0.1) is 0 Å². The monoisotopic (exact) mass is 367 g/mol. The number of hydrogen-bond acceptors (Lipinski definition) is 4. The summed E-state index contributed by atoms with van der Waals surface area (Å²) >= 11 is 0. The Hall–Kier alpha value is -1.52. The summed E-state index contributed by atoms with van der Waals surface area (Å²) in [6, 6.07) is -0.490. The summed E-state index contributed by atoms with van der Waals surface area (Å²) in [4.78, 5) is 25.6. The first-order chi connectivity index (χ1) is 12.7. The number of hydrogen-bond donors (Lipinski definition) is 0. The minimum absolute atomic E-state index is 0.162. The lowest BCUT2D eigenvalue weighted by Gasteiger charge is -2.22. The molecular weight excluding hydrogens is 330 g/mol. The molecule has 1 rings (SSSR count). The molecule has 0 spiro atoms. The van der Waals surface area contributed by atoms with Crippen LogP contribution in [0.2, 0.25) is 0 Å². The van der Waals surface area contributed by atoms with E-state index >= 15 is 0 Å². The molecule has 0 aliphatic carbocycles. The molecule has 0 aromatic rings. The zero-order valence-corrected chi connectivity index (χ0v) is 16.5. The van der Waals surface area contributed by atoms with Crippen molar-refractivity contribution in [3.8, 4) is 0 Å². The molecule has 0 saturated carbocycles. The summed E-state index contributed by atoms with van der Waals surface area (Å²) in [6.45, 7) is 6.92. The zero-order chi connectivity index (χ0) is 19.0. The molecule has 0 N–H and O–H groups in total. The van der Waals surface area contributed by atoms with Crippen LogP contribution in [0.4, 0.5) is 4.79 Å². The molecule has 0 unspecified atom stereocenters. The number of carbonyl (C=O) groups excluding carboxylic acids is 2. The van der Waals surface area contributed by atoms with Crippen LogP contribution in [0.1, 0.15) is 84.0 Å². The zero-order valence-electron chi connectivity index (χ0n) is 16.5. The molecule has 5 heteroatoms. The molecule has 0 aromatic heterocycles. The summed E-state index contributed by atoms with van der Waals surface area (Å²) < 4.78 is 10.4. The van der Waals surface area contributed by atoms with Gasteiger partial charge in [0.1, 0.15) is 12.6 Å². The SMILES string of the molecule is C=CCOC(=O)N1CCC[C@H]1C(=O)OCCCCCCCCCCCC. The summed E-state index contributed by atoms with van der Waals surface area (Å²) in [7, 11) is 0. The Morgan fingerprint density at radius 1 is 1.00 bits per heavy atom. The van der Waals surface area contributed by atoms with Crippen LogP contribution < -0.4 is 0 Å². The molecule has 150 valence electrons. The third-order valence-electron chi connectivity index (χ3n) is 4.83. The Morgan fingerprint density at radius 3 is 2.23 bits per heavy atom. The topological polar surface area (TPSA) is 55.8 Å². The van der Waals surface area contributed by atoms with Crippen molar-refractivity contribution < 1.29 is 19.1 Å². The van der Waals surface area contributed by atoms with Gasteiger partial charge in [-0.15, -0.1) is 0 Å². The van der Waals surface area contributed by atoms with Gasteiger partial charge in [-0.05, 0) is 19.3 Å². The van der Waals surface area contributed by atoms with Gasteiger partial charge in [-0.2, -0.15) is 0 Å². The summed E-state index contributed by atoms with van der Waals surface area (Å²) in [5.41, 5.74) is 0. The predicted molar refractivity (Wildman–Crippen MR) is 104 cm³/mol. The fourth-order valence-corrected chi connectivity index (χ4v) is 3.30. The minimum atomic E-state index is -0.490. The van der Waals surface area contributed by atoms with E-state index in [0.717, 1.165) is 19.3 Å². The maximum Gasteiger partial charge on any atom is 0.410 e. The second-order valence-corrected chi connectivity index (χ2v) is 7.07. The van der Waals surface area contributed by atoms with Crippen LogP contribution >= 0.6 is 0 Å². The van der Waals surface area contributed by atoms with Gasteiger partial charge in [0.05, 0.1) is 6.61 Å². The van der Waals surface area contributed by atoms with Gasteiger partial charge in [0.25, 0.3) is 0 Å². The number of ether oxygens (including phenoxy) is 2. The minimum Gasteiger partial charge on any atom is -0.464 e. The van der Waals surface area contributed by atoms with Crippen molar-refractivity contribution in [3.05, 3.63) is 12.7 Å². The smallest absolute Gasteiger partial charge is 0.410 e. The second kappa shape index (κ2) is 14.6. The van der Waals surface area contributed by atoms with Crippen LogP contribution in [0.15, 0.2) is 12.7 Å². The number of carbonyl (C=O) groups is 2. The first kappa shape index (κ1) is 22.5. The highest BCUT2D eigenvalue weighted by atomic mass is 16.6. The lowest BCUT2D eigenvalue weighted by atomic mass is 10.1. The lowest BCUT2D eigenvalue weighted by molar-refractivity contribution is -0.148. The average Bonchev–Trinajstić information content (AvgIpc) is 3.14. The molecule has 1 heterocycles. The Labute approximate surface area is 159 Å². The van der Waals surface area contributed by atoms with Gasteiger partial charge in [-0.25, -0.2) is 9.59 Å². The quantitative estimate of drug-likeness (QED) is 0.239. The molecule has 1 atom stereocenters. The van der Waals surface area contributed by atoms with Gasteiger partial charge in [0, 0.05) is 6.54 Å². The number of nitrogens with zero attached hydrogens (tertiary/aromatic N) is 1. The van der Waals surface area contributed by atoms with Crippen LogP contribution in [0.3, 0.4) is 0 Å². The van der Waals surface area contributed by atoms with Crippen molar-refractivity contribution in [2.75, 3.05) is 19.8 Å². The largest absolute Gasteiger partial charge is 0.464 e. The number of esters is 1. The van der Waals surface area contributed by atoms with Crippen molar-refractivity contribution in [2.24, 2.45) is 0 Å². The van der Waals surface area contributed by atoms with Crippen molar-refractivity contribution in [3.63, 3.8) is 0 Å².